The van der Waals surface area contributed by atoms with Crippen molar-refractivity contribution < 1.29 is 9.47 Å². The molecule has 1 N–H and O–H groups in total. The van der Waals surface area contributed by atoms with E-state index in [1.165, 1.54) is 12.8 Å². The van der Waals surface area contributed by atoms with Crippen molar-refractivity contribution in [3.8, 4) is 0 Å². The Morgan fingerprint density at radius 1 is 1.20 bits per heavy atom. The van der Waals surface area contributed by atoms with Crippen LogP contribution in [0.5, 0.6) is 0 Å². The lowest BCUT2D eigenvalue weighted by molar-refractivity contribution is -0.0874. The second-order valence-electron chi connectivity index (χ2n) is 7.62. The summed E-state index contributed by atoms with van der Waals surface area (Å²) in [5, 5.41) is 3.72. The van der Waals surface area contributed by atoms with Crippen molar-refractivity contribution in [3.05, 3.63) is 0 Å². The molecule has 1 aliphatic carbocycles. The van der Waals surface area contributed by atoms with E-state index in [-0.39, 0.29) is 11.2 Å². The van der Waals surface area contributed by atoms with Crippen LogP contribution in [0, 0.1) is 11.8 Å². The number of hydrogen-bond acceptors (Lipinski definition) is 3. The fourth-order valence-corrected chi connectivity index (χ4v) is 4.04. The predicted molar refractivity (Wildman–Crippen MR) is 83.0 cm³/mol. The van der Waals surface area contributed by atoms with Crippen LogP contribution in [-0.4, -0.2) is 36.5 Å². The highest BCUT2D eigenvalue weighted by Crippen LogP contribution is 2.47. The van der Waals surface area contributed by atoms with Gasteiger partial charge < -0.3 is 14.8 Å². The van der Waals surface area contributed by atoms with Gasteiger partial charge in [-0.2, -0.15) is 0 Å². The first kappa shape index (κ1) is 16.3. The minimum absolute atomic E-state index is 0.0256. The van der Waals surface area contributed by atoms with Gasteiger partial charge in [0.05, 0.1) is 17.3 Å². The van der Waals surface area contributed by atoms with E-state index >= 15 is 0 Å². The average Bonchev–Trinajstić information content (AvgIpc) is 3.10. The van der Waals surface area contributed by atoms with Crippen LogP contribution in [-0.2, 0) is 9.47 Å². The first-order chi connectivity index (χ1) is 9.30. The van der Waals surface area contributed by atoms with E-state index in [1.54, 1.807) is 0 Å². The lowest BCUT2D eigenvalue weighted by atomic mass is 9.78. The van der Waals surface area contributed by atoms with Crippen LogP contribution in [0.15, 0.2) is 0 Å². The summed E-state index contributed by atoms with van der Waals surface area (Å²) in [4.78, 5) is 0. The van der Waals surface area contributed by atoms with E-state index in [2.05, 4.69) is 46.9 Å². The van der Waals surface area contributed by atoms with Gasteiger partial charge in [0.1, 0.15) is 0 Å². The number of hydrogen-bond donors (Lipinski definition) is 1. The van der Waals surface area contributed by atoms with Crippen molar-refractivity contribution in [2.45, 2.75) is 84.2 Å². The molecule has 3 nitrogen and oxygen atoms in total. The summed E-state index contributed by atoms with van der Waals surface area (Å²) in [5.74, 6) is 1.26. The van der Waals surface area contributed by atoms with Gasteiger partial charge in [0.15, 0.2) is 0 Å². The lowest BCUT2D eigenvalue weighted by Gasteiger charge is -2.38. The molecule has 3 unspecified atom stereocenters. The third-order valence-corrected chi connectivity index (χ3v) is 4.82. The Bertz CT molecular complexity index is 323. The van der Waals surface area contributed by atoms with E-state index in [0.29, 0.717) is 18.1 Å². The summed E-state index contributed by atoms with van der Waals surface area (Å²) in [6.45, 7) is 15.0. The van der Waals surface area contributed by atoms with Crippen molar-refractivity contribution in [2.75, 3.05) is 13.2 Å². The molecule has 2 rings (SSSR count). The smallest absolute Gasteiger partial charge is 0.0759 e. The Balaban J connectivity index is 2.18. The van der Waals surface area contributed by atoms with Gasteiger partial charge in [0.25, 0.3) is 0 Å². The van der Waals surface area contributed by atoms with Crippen LogP contribution in [0.3, 0.4) is 0 Å². The third-order valence-electron chi connectivity index (χ3n) is 4.82. The molecule has 118 valence electrons. The zero-order chi connectivity index (χ0) is 15.0. The summed E-state index contributed by atoms with van der Waals surface area (Å²) in [6, 6.07) is 0.407. The Hall–Kier alpha value is -0.120. The Morgan fingerprint density at radius 2 is 1.85 bits per heavy atom. The predicted octanol–water partition coefficient (Wildman–Crippen LogP) is 3.37. The van der Waals surface area contributed by atoms with E-state index in [9.17, 15) is 0 Å². The summed E-state index contributed by atoms with van der Waals surface area (Å²) < 4.78 is 12.4. The molecule has 0 bridgehead atoms. The van der Waals surface area contributed by atoms with Gasteiger partial charge in [-0.1, -0.05) is 6.92 Å². The number of nitrogens with one attached hydrogen (secondary N) is 1. The van der Waals surface area contributed by atoms with E-state index < -0.39 is 0 Å². The van der Waals surface area contributed by atoms with Crippen molar-refractivity contribution in [1.29, 1.82) is 0 Å². The molecule has 0 aromatic heterocycles. The Kier molecular flexibility index (Phi) is 4.83. The van der Waals surface area contributed by atoms with E-state index in [0.717, 1.165) is 25.5 Å². The van der Waals surface area contributed by atoms with E-state index in [1.807, 2.05) is 0 Å². The molecule has 3 atom stereocenters. The number of ether oxygens (including phenoxy) is 2. The highest BCUT2D eigenvalue weighted by molar-refractivity contribution is 5.04. The first-order valence-corrected chi connectivity index (χ1v) is 8.36. The maximum atomic E-state index is 6.31. The van der Waals surface area contributed by atoms with Crippen molar-refractivity contribution in [2.24, 2.45) is 11.8 Å². The molecule has 20 heavy (non-hydrogen) atoms. The molecule has 0 radical (unpaired) electrons. The summed E-state index contributed by atoms with van der Waals surface area (Å²) in [7, 11) is 0. The standard InChI is InChI=1S/C17H33NO2/c1-7-18-14(15(19-8-2)12-9-10-12)13-11-16(3,4)20-17(13,5)6/h12-15,18H,7-11H2,1-6H3. The SMILES string of the molecule is CCNC(C(OCC)C1CC1)C1CC(C)(C)OC1(C)C. The number of likely N-dealkylation sites (N-methyl/N-ethyl adjacent to an activating group) is 1. The first-order valence-electron chi connectivity index (χ1n) is 8.36. The Morgan fingerprint density at radius 3 is 2.25 bits per heavy atom. The summed E-state index contributed by atoms with van der Waals surface area (Å²) in [5.41, 5.74) is -0.108. The quantitative estimate of drug-likeness (QED) is 0.777. The topological polar surface area (TPSA) is 30.5 Å². The van der Waals surface area contributed by atoms with Gasteiger partial charge in [-0.05, 0) is 66.3 Å². The van der Waals surface area contributed by atoms with Crippen molar-refractivity contribution in [1.82, 2.24) is 5.32 Å². The van der Waals surface area contributed by atoms with Crippen LogP contribution >= 0.6 is 0 Å². The molecule has 0 aromatic carbocycles. The molecule has 1 saturated heterocycles. The normalized spacial score (nSPS) is 31.2. The monoisotopic (exact) mass is 283 g/mol. The van der Waals surface area contributed by atoms with Gasteiger partial charge in [-0.15, -0.1) is 0 Å². The maximum Gasteiger partial charge on any atom is 0.0759 e. The van der Waals surface area contributed by atoms with Crippen LogP contribution in [0.2, 0.25) is 0 Å². The molecule has 2 aliphatic rings. The highest BCUT2D eigenvalue weighted by atomic mass is 16.5. The molecule has 0 spiro atoms. The summed E-state index contributed by atoms with van der Waals surface area (Å²) >= 11 is 0. The number of rotatable bonds is 7. The molecule has 1 aliphatic heterocycles. The minimum Gasteiger partial charge on any atom is -0.377 e. The van der Waals surface area contributed by atoms with Gasteiger partial charge in [0, 0.05) is 18.6 Å². The molecule has 1 saturated carbocycles. The molecule has 2 fully saturated rings. The second-order valence-corrected chi connectivity index (χ2v) is 7.62. The largest absolute Gasteiger partial charge is 0.377 e. The van der Waals surface area contributed by atoms with Crippen molar-refractivity contribution >= 4 is 0 Å². The second kappa shape index (κ2) is 5.94. The van der Waals surface area contributed by atoms with Crippen LogP contribution in [0.4, 0.5) is 0 Å². The Labute approximate surface area is 124 Å². The van der Waals surface area contributed by atoms with Gasteiger partial charge >= 0.3 is 0 Å². The average molecular weight is 283 g/mol. The fourth-order valence-electron chi connectivity index (χ4n) is 4.04. The molecule has 1 heterocycles. The fraction of sp³-hybridized carbons (Fsp3) is 1.00. The maximum absolute atomic E-state index is 6.31. The van der Waals surface area contributed by atoms with Crippen LogP contribution < -0.4 is 5.32 Å². The minimum atomic E-state index is -0.0828. The zero-order valence-corrected chi connectivity index (χ0v) is 14.2. The van der Waals surface area contributed by atoms with Gasteiger partial charge in [-0.25, -0.2) is 0 Å². The molecular formula is C17H33NO2. The van der Waals surface area contributed by atoms with E-state index in [4.69, 9.17) is 9.47 Å². The van der Waals surface area contributed by atoms with Gasteiger partial charge in [-0.3, -0.25) is 0 Å². The lowest BCUT2D eigenvalue weighted by Crippen LogP contribution is -2.52. The third kappa shape index (κ3) is 3.55. The van der Waals surface area contributed by atoms with Crippen LogP contribution in [0.25, 0.3) is 0 Å². The molecular weight excluding hydrogens is 250 g/mol. The van der Waals surface area contributed by atoms with Gasteiger partial charge in [0.2, 0.25) is 0 Å². The molecule has 3 heteroatoms. The summed E-state index contributed by atoms with van der Waals surface area (Å²) in [6.07, 6.45) is 4.10. The zero-order valence-electron chi connectivity index (χ0n) is 14.2. The molecule has 0 amide bonds. The molecule has 0 aromatic rings. The van der Waals surface area contributed by atoms with Crippen molar-refractivity contribution in [3.63, 3.8) is 0 Å². The highest BCUT2D eigenvalue weighted by Gasteiger charge is 2.52. The van der Waals surface area contributed by atoms with Crippen LogP contribution in [0.1, 0.15) is 60.8 Å².